The minimum Gasteiger partial charge on any atom is -0.375 e. The molecule has 4 amide bonds. The Kier molecular flexibility index (Phi) is 10.9. The van der Waals surface area contributed by atoms with Crippen molar-refractivity contribution in [3.05, 3.63) is 67.4 Å². The number of nitrogens with one attached hydrogen (secondary N) is 5. The van der Waals surface area contributed by atoms with Gasteiger partial charge in [-0.15, -0.1) is 0 Å². The van der Waals surface area contributed by atoms with Crippen LogP contribution in [0.3, 0.4) is 0 Å². The monoisotopic (exact) mass is 496 g/mol. The van der Waals surface area contributed by atoms with Gasteiger partial charge in [0.05, 0.1) is 0 Å². The highest BCUT2D eigenvalue weighted by Crippen LogP contribution is 2.19. The van der Waals surface area contributed by atoms with Gasteiger partial charge in [0.2, 0.25) is 23.6 Å². The zero-order valence-electron chi connectivity index (χ0n) is 20.9. The Morgan fingerprint density at radius 1 is 1.14 bits per heavy atom. The van der Waals surface area contributed by atoms with Crippen molar-refractivity contribution in [2.75, 3.05) is 25.5 Å². The molecule has 194 valence electrons. The number of carbonyl (C=O) groups is 4. The highest BCUT2D eigenvalue weighted by Gasteiger charge is 2.37. The standard InChI is InChI=1S/C26H36N6O4/c1-6-23(33)28-16-21(30-18(4)17(3)27-5)26(36)32-13-9-12-22(32)25(35)29-15-19-10-8-11-20(14-19)31-24(34)7-2/h6-8,10-11,14,17,21-22,27,30H,1-2,4,9,12-13,15-16H2,3,5H3,(H,28,33)(H,29,35)(H,31,34)/t17-,21-,22-/m0/s1. The van der Waals surface area contributed by atoms with Gasteiger partial charge in [-0.05, 0) is 56.7 Å². The van der Waals surface area contributed by atoms with Gasteiger partial charge in [-0.3, -0.25) is 19.2 Å². The van der Waals surface area contributed by atoms with Crippen molar-refractivity contribution in [1.29, 1.82) is 0 Å². The highest BCUT2D eigenvalue weighted by molar-refractivity contribution is 5.98. The minimum absolute atomic E-state index is 0.0210. The molecule has 0 unspecified atom stereocenters. The Balaban J connectivity index is 2.07. The first-order chi connectivity index (χ1) is 17.2. The van der Waals surface area contributed by atoms with Crippen LogP contribution < -0.4 is 26.6 Å². The molecule has 0 radical (unpaired) electrons. The molecule has 10 nitrogen and oxygen atoms in total. The zero-order valence-corrected chi connectivity index (χ0v) is 20.9. The summed E-state index contributed by atoms with van der Waals surface area (Å²) < 4.78 is 0. The molecule has 0 bridgehead atoms. The predicted octanol–water partition coefficient (Wildman–Crippen LogP) is 0.800. The molecule has 0 saturated carbocycles. The summed E-state index contributed by atoms with van der Waals surface area (Å²) in [6, 6.07) is 5.57. The van der Waals surface area contributed by atoms with Gasteiger partial charge >= 0.3 is 0 Å². The van der Waals surface area contributed by atoms with Crippen molar-refractivity contribution in [3.63, 3.8) is 0 Å². The average molecular weight is 497 g/mol. The first-order valence-electron chi connectivity index (χ1n) is 11.8. The van der Waals surface area contributed by atoms with Gasteiger partial charge in [0, 0.05) is 37.1 Å². The predicted molar refractivity (Wildman–Crippen MR) is 140 cm³/mol. The highest BCUT2D eigenvalue weighted by atomic mass is 16.2. The lowest BCUT2D eigenvalue weighted by molar-refractivity contribution is -0.140. The van der Waals surface area contributed by atoms with Crippen LogP contribution in [0.1, 0.15) is 25.3 Å². The number of hydrogen-bond acceptors (Lipinski definition) is 6. The summed E-state index contributed by atoms with van der Waals surface area (Å²) in [5, 5.41) is 14.4. The van der Waals surface area contributed by atoms with Crippen LogP contribution in [-0.2, 0) is 25.7 Å². The number of anilines is 1. The Morgan fingerprint density at radius 3 is 2.53 bits per heavy atom. The Bertz CT molecular complexity index is 1010. The van der Waals surface area contributed by atoms with Gasteiger partial charge in [-0.2, -0.15) is 0 Å². The van der Waals surface area contributed by atoms with E-state index in [1.165, 1.54) is 6.08 Å². The van der Waals surface area contributed by atoms with Crippen molar-refractivity contribution in [1.82, 2.24) is 26.2 Å². The van der Waals surface area contributed by atoms with Crippen molar-refractivity contribution < 1.29 is 19.2 Å². The van der Waals surface area contributed by atoms with Crippen LogP contribution in [0.25, 0.3) is 0 Å². The van der Waals surface area contributed by atoms with E-state index in [-0.39, 0.29) is 36.9 Å². The lowest BCUT2D eigenvalue weighted by atomic mass is 10.1. The van der Waals surface area contributed by atoms with Crippen LogP contribution in [0, 0.1) is 0 Å². The van der Waals surface area contributed by atoms with Crippen LogP contribution in [0.15, 0.2) is 61.9 Å². The number of amides is 4. The first kappa shape index (κ1) is 28.3. The fraction of sp³-hybridized carbons (Fsp3) is 0.385. The van der Waals surface area contributed by atoms with Gasteiger partial charge in [0.25, 0.3) is 0 Å². The van der Waals surface area contributed by atoms with Gasteiger partial charge in [-0.25, -0.2) is 0 Å². The van der Waals surface area contributed by atoms with E-state index in [0.717, 1.165) is 11.6 Å². The summed E-state index contributed by atoms with van der Waals surface area (Å²) in [5.74, 6) is -1.28. The maximum Gasteiger partial charge on any atom is 0.247 e. The molecule has 1 aliphatic heterocycles. The van der Waals surface area contributed by atoms with E-state index >= 15 is 0 Å². The van der Waals surface area contributed by atoms with E-state index in [4.69, 9.17) is 0 Å². The molecule has 36 heavy (non-hydrogen) atoms. The van der Waals surface area contributed by atoms with Gasteiger partial charge < -0.3 is 31.5 Å². The van der Waals surface area contributed by atoms with Gasteiger partial charge in [-0.1, -0.05) is 31.9 Å². The number of rotatable bonds is 13. The van der Waals surface area contributed by atoms with E-state index in [9.17, 15) is 19.2 Å². The van der Waals surface area contributed by atoms with Crippen molar-refractivity contribution in [3.8, 4) is 0 Å². The topological polar surface area (TPSA) is 132 Å². The average Bonchev–Trinajstić information content (AvgIpc) is 3.38. The third-order valence-corrected chi connectivity index (χ3v) is 5.96. The molecule has 2 rings (SSSR count). The lowest BCUT2D eigenvalue weighted by Crippen LogP contribution is -2.56. The molecule has 0 aromatic heterocycles. The summed E-state index contributed by atoms with van der Waals surface area (Å²) in [6.07, 6.45) is 3.54. The van der Waals surface area contributed by atoms with Crippen LogP contribution in [0.4, 0.5) is 5.69 Å². The first-order valence-corrected chi connectivity index (χ1v) is 11.8. The van der Waals surface area contributed by atoms with Crippen LogP contribution in [0.2, 0.25) is 0 Å². The Hall–Kier alpha value is -3.92. The number of nitrogens with zero attached hydrogens (tertiary/aromatic N) is 1. The summed E-state index contributed by atoms with van der Waals surface area (Å²) >= 11 is 0. The molecule has 1 aromatic carbocycles. The minimum atomic E-state index is -0.796. The zero-order chi connectivity index (χ0) is 26.7. The fourth-order valence-electron chi connectivity index (χ4n) is 3.76. The second-order valence-corrected chi connectivity index (χ2v) is 8.48. The summed E-state index contributed by atoms with van der Waals surface area (Å²) in [5.41, 5.74) is 1.98. The van der Waals surface area contributed by atoms with E-state index in [2.05, 4.69) is 46.3 Å². The fourth-order valence-corrected chi connectivity index (χ4v) is 3.76. The maximum absolute atomic E-state index is 13.5. The van der Waals surface area contributed by atoms with E-state index in [1.54, 1.807) is 30.1 Å². The molecule has 1 aliphatic rings. The van der Waals surface area contributed by atoms with Crippen molar-refractivity contribution in [2.24, 2.45) is 0 Å². The summed E-state index contributed by atoms with van der Waals surface area (Å²) in [6.45, 7) is 13.4. The molecule has 1 fully saturated rings. The largest absolute Gasteiger partial charge is 0.375 e. The summed E-state index contributed by atoms with van der Waals surface area (Å²) in [4.78, 5) is 51.3. The molecule has 5 N–H and O–H groups in total. The number of carbonyl (C=O) groups excluding carboxylic acids is 4. The molecule has 10 heteroatoms. The third-order valence-electron chi connectivity index (χ3n) is 5.96. The Labute approximate surface area is 212 Å². The second-order valence-electron chi connectivity index (χ2n) is 8.48. The third kappa shape index (κ3) is 8.09. The Morgan fingerprint density at radius 2 is 1.86 bits per heavy atom. The number of hydrogen-bond donors (Lipinski definition) is 5. The van der Waals surface area contributed by atoms with Crippen LogP contribution >= 0.6 is 0 Å². The van der Waals surface area contributed by atoms with Crippen LogP contribution in [0.5, 0.6) is 0 Å². The molecule has 0 aliphatic carbocycles. The van der Waals surface area contributed by atoms with Gasteiger partial charge in [0.15, 0.2) is 0 Å². The quantitative estimate of drug-likeness (QED) is 0.257. The molecular weight excluding hydrogens is 460 g/mol. The summed E-state index contributed by atoms with van der Waals surface area (Å²) in [7, 11) is 1.78. The maximum atomic E-state index is 13.5. The number of benzene rings is 1. The van der Waals surface area contributed by atoms with Crippen molar-refractivity contribution >= 4 is 29.3 Å². The lowest BCUT2D eigenvalue weighted by Gasteiger charge is -2.30. The molecule has 1 saturated heterocycles. The number of likely N-dealkylation sites (tertiary alicyclic amines) is 1. The number of likely N-dealkylation sites (N-methyl/N-ethyl adjacent to an activating group) is 1. The normalized spacial score (nSPS) is 16.3. The van der Waals surface area contributed by atoms with Crippen LogP contribution in [-0.4, -0.2) is 66.8 Å². The van der Waals surface area contributed by atoms with E-state index in [0.29, 0.717) is 30.8 Å². The van der Waals surface area contributed by atoms with E-state index in [1.807, 2.05) is 13.0 Å². The van der Waals surface area contributed by atoms with E-state index < -0.39 is 18.0 Å². The van der Waals surface area contributed by atoms with Crippen molar-refractivity contribution in [2.45, 2.75) is 44.4 Å². The molecule has 1 heterocycles. The smallest absolute Gasteiger partial charge is 0.247 e. The van der Waals surface area contributed by atoms with Gasteiger partial charge in [0.1, 0.15) is 12.1 Å². The molecular formula is C26H36N6O4. The SMILES string of the molecule is C=CC(=O)NC[C@H](NC(=C)[C@H](C)NC)C(=O)N1CCC[C@H]1C(=O)NCc1cccc(NC(=O)C=C)c1. The second kappa shape index (κ2) is 13.8. The molecule has 0 spiro atoms. The molecule has 1 aromatic rings. The molecule has 3 atom stereocenters.